The monoisotopic (exact) mass is 237 g/mol. The number of rotatable bonds is 1. The van der Waals surface area contributed by atoms with E-state index >= 15 is 0 Å². The van der Waals surface area contributed by atoms with Gasteiger partial charge >= 0.3 is 5.97 Å². The highest BCUT2D eigenvalue weighted by Gasteiger charge is 2.15. The van der Waals surface area contributed by atoms with E-state index in [-0.39, 0.29) is 5.97 Å². The molecule has 0 saturated carbocycles. The smallest absolute Gasteiger partial charge is 0.339 e. The average Bonchev–Trinajstić information content (AvgIpc) is 2.44. The Bertz CT molecular complexity index is 696. The van der Waals surface area contributed by atoms with Gasteiger partial charge in [0.1, 0.15) is 0 Å². The van der Waals surface area contributed by atoms with Crippen LogP contribution >= 0.6 is 0 Å². The number of aromatic nitrogens is 1. The molecule has 0 atom stereocenters. The SMILES string of the molecule is COC(=O)c1c2ccccc2nc2ccccc12. The maximum absolute atomic E-state index is 12.0. The van der Waals surface area contributed by atoms with Crippen molar-refractivity contribution in [3.8, 4) is 0 Å². The molecule has 0 N–H and O–H groups in total. The molecule has 0 aliphatic carbocycles. The summed E-state index contributed by atoms with van der Waals surface area (Å²) in [7, 11) is 1.40. The molecule has 2 aromatic carbocycles. The third-order valence-electron chi connectivity index (χ3n) is 2.98. The number of hydrogen-bond acceptors (Lipinski definition) is 3. The van der Waals surface area contributed by atoms with E-state index in [1.807, 2.05) is 48.5 Å². The minimum atomic E-state index is -0.329. The van der Waals surface area contributed by atoms with Gasteiger partial charge in [0.25, 0.3) is 0 Å². The highest BCUT2D eigenvalue weighted by atomic mass is 16.5. The molecule has 1 aromatic heterocycles. The summed E-state index contributed by atoms with van der Waals surface area (Å²) in [6, 6.07) is 15.2. The number of esters is 1. The number of carbonyl (C=O) groups is 1. The zero-order valence-corrected chi connectivity index (χ0v) is 9.88. The van der Waals surface area contributed by atoms with Crippen LogP contribution in [0.4, 0.5) is 0 Å². The summed E-state index contributed by atoms with van der Waals surface area (Å²) in [5, 5.41) is 1.64. The Kier molecular flexibility index (Phi) is 2.45. The van der Waals surface area contributed by atoms with Crippen LogP contribution in [0.5, 0.6) is 0 Å². The van der Waals surface area contributed by atoms with Crippen LogP contribution in [0.3, 0.4) is 0 Å². The van der Waals surface area contributed by atoms with Crippen LogP contribution in [0.1, 0.15) is 10.4 Å². The van der Waals surface area contributed by atoms with Crippen LogP contribution in [0.2, 0.25) is 0 Å². The van der Waals surface area contributed by atoms with Gasteiger partial charge in [-0.3, -0.25) is 0 Å². The summed E-state index contributed by atoms with van der Waals surface area (Å²) >= 11 is 0. The van der Waals surface area contributed by atoms with Crippen molar-refractivity contribution in [1.29, 1.82) is 0 Å². The zero-order valence-electron chi connectivity index (χ0n) is 9.88. The second-order valence-corrected chi connectivity index (χ2v) is 4.01. The molecule has 0 amide bonds. The van der Waals surface area contributed by atoms with Crippen molar-refractivity contribution in [3.63, 3.8) is 0 Å². The molecule has 0 unspecified atom stereocenters. The third kappa shape index (κ3) is 1.52. The number of fused-ring (bicyclic) bond motifs is 2. The Morgan fingerprint density at radius 2 is 1.44 bits per heavy atom. The molecule has 1 heterocycles. The number of pyridine rings is 1. The van der Waals surface area contributed by atoms with E-state index in [1.165, 1.54) is 7.11 Å². The normalized spacial score (nSPS) is 10.7. The molecule has 0 radical (unpaired) electrons. The fourth-order valence-corrected chi connectivity index (χ4v) is 2.16. The molecule has 0 aliphatic heterocycles. The number of hydrogen-bond donors (Lipinski definition) is 0. The summed E-state index contributed by atoms with van der Waals surface area (Å²) in [6.45, 7) is 0. The molecule has 18 heavy (non-hydrogen) atoms. The van der Waals surface area contributed by atoms with Crippen molar-refractivity contribution >= 4 is 27.8 Å². The van der Waals surface area contributed by atoms with Crippen molar-refractivity contribution in [2.75, 3.05) is 7.11 Å². The third-order valence-corrected chi connectivity index (χ3v) is 2.98. The molecule has 0 spiro atoms. The number of ether oxygens (including phenoxy) is 1. The van der Waals surface area contributed by atoms with E-state index in [0.717, 1.165) is 21.8 Å². The molecule has 0 fully saturated rings. The largest absolute Gasteiger partial charge is 0.465 e. The Labute approximate surface area is 104 Å². The topological polar surface area (TPSA) is 39.2 Å². The molecule has 3 nitrogen and oxygen atoms in total. The first kappa shape index (κ1) is 10.7. The number of carbonyl (C=O) groups excluding carboxylic acids is 1. The summed E-state index contributed by atoms with van der Waals surface area (Å²) in [5.41, 5.74) is 2.19. The molecular formula is C15H11NO2. The van der Waals surface area contributed by atoms with E-state index in [4.69, 9.17) is 4.74 Å². The van der Waals surface area contributed by atoms with Gasteiger partial charge in [0.15, 0.2) is 0 Å². The van der Waals surface area contributed by atoms with E-state index < -0.39 is 0 Å². The minimum Gasteiger partial charge on any atom is -0.465 e. The van der Waals surface area contributed by atoms with Crippen LogP contribution < -0.4 is 0 Å². The predicted octanol–water partition coefficient (Wildman–Crippen LogP) is 3.17. The Hall–Kier alpha value is -2.42. The lowest BCUT2D eigenvalue weighted by Gasteiger charge is -2.08. The summed E-state index contributed by atoms with van der Waals surface area (Å²) in [4.78, 5) is 16.5. The fraction of sp³-hybridized carbons (Fsp3) is 0.0667. The number of methoxy groups -OCH3 is 1. The van der Waals surface area contributed by atoms with Gasteiger partial charge < -0.3 is 4.74 Å². The lowest BCUT2D eigenvalue weighted by molar-refractivity contribution is 0.0605. The lowest BCUT2D eigenvalue weighted by Crippen LogP contribution is -2.04. The summed E-state index contributed by atoms with van der Waals surface area (Å²) < 4.78 is 4.89. The van der Waals surface area contributed by atoms with Gasteiger partial charge in [-0.05, 0) is 12.1 Å². The van der Waals surface area contributed by atoms with Crippen molar-refractivity contribution in [2.45, 2.75) is 0 Å². The van der Waals surface area contributed by atoms with Gasteiger partial charge in [-0.25, -0.2) is 9.78 Å². The van der Waals surface area contributed by atoms with E-state index in [2.05, 4.69) is 4.98 Å². The first-order valence-corrected chi connectivity index (χ1v) is 5.67. The highest BCUT2D eigenvalue weighted by Crippen LogP contribution is 2.26. The average molecular weight is 237 g/mol. The van der Waals surface area contributed by atoms with Gasteiger partial charge in [0, 0.05) is 10.8 Å². The highest BCUT2D eigenvalue weighted by molar-refractivity contribution is 6.14. The van der Waals surface area contributed by atoms with Gasteiger partial charge in [0.2, 0.25) is 0 Å². The predicted molar refractivity (Wildman–Crippen MR) is 70.6 cm³/mol. The van der Waals surface area contributed by atoms with Crippen LogP contribution in [0.15, 0.2) is 48.5 Å². The number of nitrogens with zero attached hydrogens (tertiary/aromatic N) is 1. The minimum absolute atomic E-state index is 0.329. The molecular weight excluding hydrogens is 226 g/mol. The first-order valence-electron chi connectivity index (χ1n) is 5.67. The zero-order chi connectivity index (χ0) is 12.5. The summed E-state index contributed by atoms with van der Waals surface area (Å²) in [5.74, 6) is -0.329. The molecule has 88 valence electrons. The molecule has 0 bridgehead atoms. The molecule has 3 rings (SSSR count). The summed E-state index contributed by atoms with van der Waals surface area (Å²) in [6.07, 6.45) is 0. The second kappa shape index (κ2) is 4.11. The van der Waals surface area contributed by atoms with Crippen LogP contribution in [0.25, 0.3) is 21.8 Å². The van der Waals surface area contributed by atoms with Crippen LogP contribution in [0, 0.1) is 0 Å². The van der Waals surface area contributed by atoms with Crippen molar-refractivity contribution in [2.24, 2.45) is 0 Å². The lowest BCUT2D eigenvalue weighted by atomic mass is 10.0. The van der Waals surface area contributed by atoms with Gasteiger partial charge in [-0.1, -0.05) is 36.4 Å². The van der Waals surface area contributed by atoms with E-state index in [1.54, 1.807) is 0 Å². The fourth-order valence-electron chi connectivity index (χ4n) is 2.16. The van der Waals surface area contributed by atoms with Crippen molar-refractivity contribution in [3.05, 3.63) is 54.1 Å². The maximum atomic E-state index is 12.0. The Morgan fingerprint density at radius 3 is 1.94 bits per heavy atom. The van der Waals surface area contributed by atoms with Crippen molar-refractivity contribution in [1.82, 2.24) is 4.98 Å². The van der Waals surface area contributed by atoms with E-state index in [9.17, 15) is 4.79 Å². The first-order chi connectivity index (χ1) is 8.81. The Balaban J connectivity index is 2.53. The Morgan fingerprint density at radius 1 is 0.944 bits per heavy atom. The second-order valence-electron chi connectivity index (χ2n) is 4.01. The standard InChI is InChI=1S/C15H11NO2/c1-18-15(17)14-10-6-2-4-8-12(10)16-13-9-5-3-7-11(13)14/h2-9H,1H3. The number of para-hydroxylation sites is 2. The molecule has 0 aliphatic rings. The van der Waals surface area contributed by atoms with Crippen LogP contribution in [-0.2, 0) is 4.74 Å². The van der Waals surface area contributed by atoms with E-state index in [0.29, 0.717) is 5.56 Å². The quantitative estimate of drug-likeness (QED) is 0.482. The van der Waals surface area contributed by atoms with Crippen LogP contribution in [-0.4, -0.2) is 18.1 Å². The van der Waals surface area contributed by atoms with Gasteiger partial charge in [-0.15, -0.1) is 0 Å². The molecule has 3 heteroatoms. The van der Waals surface area contributed by atoms with Gasteiger partial charge in [-0.2, -0.15) is 0 Å². The maximum Gasteiger partial charge on any atom is 0.339 e. The number of benzene rings is 2. The van der Waals surface area contributed by atoms with Crippen molar-refractivity contribution < 1.29 is 9.53 Å². The molecule has 3 aromatic rings. The molecule has 0 saturated heterocycles. The van der Waals surface area contributed by atoms with Gasteiger partial charge in [0.05, 0.1) is 23.7 Å².